The van der Waals surface area contributed by atoms with Gasteiger partial charge in [0.05, 0.1) is 13.2 Å². The Labute approximate surface area is 81.4 Å². The molecule has 0 aliphatic rings. The van der Waals surface area contributed by atoms with Crippen LogP contribution in [0.15, 0.2) is 0 Å². The zero-order valence-corrected chi connectivity index (χ0v) is 9.71. The van der Waals surface area contributed by atoms with Gasteiger partial charge in [-0.15, -0.1) is 0 Å². The maximum Gasteiger partial charge on any atom is 0.0700 e. The summed E-state index contributed by atoms with van der Waals surface area (Å²) in [6.45, 7) is 2.16. The van der Waals surface area contributed by atoms with E-state index in [1.54, 1.807) is 7.11 Å². The van der Waals surface area contributed by atoms with Crippen LogP contribution in [0.1, 0.15) is 6.42 Å². The monoisotopic (exact) mass is 214 g/mol. The standard InChI is InChI=1S/C8H19ClO2S/c1-10-6-7-11-5-4-8-12(2,3)9/h4-8H2,1-3H3. The average molecular weight is 215 g/mol. The molecule has 12 heavy (non-hydrogen) atoms. The van der Waals surface area contributed by atoms with Gasteiger partial charge in [-0.3, -0.25) is 0 Å². The van der Waals surface area contributed by atoms with Gasteiger partial charge in [-0.1, -0.05) is 10.7 Å². The van der Waals surface area contributed by atoms with E-state index in [1.165, 1.54) is 0 Å². The molecule has 0 atom stereocenters. The Morgan fingerprint density at radius 2 is 1.83 bits per heavy atom. The second kappa shape index (κ2) is 7.01. The summed E-state index contributed by atoms with van der Waals surface area (Å²) in [7, 11) is 6.90. The normalized spacial score (nSPS) is 13.3. The molecule has 0 spiro atoms. The minimum absolute atomic E-state index is 0.678. The lowest BCUT2D eigenvalue weighted by Gasteiger charge is -2.21. The summed E-state index contributed by atoms with van der Waals surface area (Å²) in [6.07, 6.45) is 5.25. The molecule has 0 amide bonds. The van der Waals surface area contributed by atoms with E-state index in [9.17, 15) is 0 Å². The number of hydrogen-bond acceptors (Lipinski definition) is 2. The number of ether oxygens (including phenoxy) is 2. The molecule has 76 valence electrons. The van der Waals surface area contributed by atoms with Gasteiger partial charge in [0.25, 0.3) is 0 Å². The van der Waals surface area contributed by atoms with E-state index in [1.807, 2.05) is 0 Å². The zero-order chi connectivity index (χ0) is 9.45. The summed E-state index contributed by atoms with van der Waals surface area (Å²) < 4.78 is 10.1. The van der Waals surface area contributed by atoms with Gasteiger partial charge in [-0.05, 0) is 24.7 Å². The first-order valence-electron chi connectivity index (χ1n) is 4.03. The van der Waals surface area contributed by atoms with Gasteiger partial charge in [0, 0.05) is 13.7 Å². The Morgan fingerprint density at radius 3 is 2.33 bits per heavy atom. The van der Waals surface area contributed by atoms with Gasteiger partial charge >= 0.3 is 0 Å². The zero-order valence-electron chi connectivity index (χ0n) is 8.14. The molecule has 2 nitrogen and oxygen atoms in total. The summed E-state index contributed by atoms with van der Waals surface area (Å²) in [5.41, 5.74) is 0. The van der Waals surface area contributed by atoms with E-state index in [-0.39, 0.29) is 0 Å². The molecule has 0 saturated carbocycles. The first-order chi connectivity index (χ1) is 5.56. The second-order valence-corrected chi connectivity index (χ2v) is 8.79. The molecule has 0 rings (SSSR count). The van der Waals surface area contributed by atoms with Crippen LogP contribution in [0.25, 0.3) is 0 Å². The van der Waals surface area contributed by atoms with Crippen LogP contribution in [0.2, 0.25) is 0 Å². The van der Waals surface area contributed by atoms with Crippen molar-refractivity contribution >= 4 is 19.9 Å². The van der Waals surface area contributed by atoms with Crippen LogP contribution in [0.5, 0.6) is 0 Å². The van der Waals surface area contributed by atoms with Gasteiger partial charge in [0.15, 0.2) is 0 Å². The number of halogens is 1. The Bertz CT molecular complexity index is 104. The van der Waals surface area contributed by atoms with E-state index in [2.05, 4.69) is 12.5 Å². The molecule has 0 aromatic rings. The van der Waals surface area contributed by atoms with Crippen molar-refractivity contribution in [3.8, 4) is 0 Å². The number of hydrogen-bond donors (Lipinski definition) is 0. The van der Waals surface area contributed by atoms with Crippen molar-refractivity contribution in [1.82, 2.24) is 0 Å². The van der Waals surface area contributed by atoms with E-state index in [4.69, 9.17) is 20.2 Å². The highest BCUT2D eigenvalue weighted by atomic mass is 35.7. The Kier molecular flexibility index (Phi) is 7.34. The molecule has 0 radical (unpaired) electrons. The minimum atomic E-state index is -0.856. The van der Waals surface area contributed by atoms with Crippen LogP contribution in [0.3, 0.4) is 0 Å². The predicted molar refractivity (Wildman–Crippen MR) is 57.5 cm³/mol. The number of methoxy groups -OCH3 is 1. The fraction of sp³-hybridized carbons (Fsp3) is 1.00. The van der Waals surface area contributed by atoms with Crippen molar-refractivity contribution in [2.24, 2.45) is 0 Å². The molecule has 0 bridgehead atoms. The third kappa shape index (κ3) is 10.6. The molecule has 0 unspecified atom stereocenters. The first kappa shape index (κ1) is 12.6. The fourth-order valence-corrected chi connectivity index (χ4v) is 1.88. The lowest BCUT2D eigenvalue weighted by molar-refractivity contribution is 0.0713. The largest absolute Gasteiger partial charge is 0.382 e. The van der Waals surface area contributed by atoms with Crippen molar-refractivity contribution in [2.75, 3.05) is 45.2 Å². The third-order valence-corrected chi connectivity index (χ3v) is 3.07. The van der Waals surface area contributed by atoms with Crippen molar-refractivity contribution in [2.45, 2.75) is 6.42 Å². The fourth-order valence-electron chi connectivity index (χ4n) is 0.749. The summed E-state index contributed by atoms with van der Waals surface area (Å²) >= 11 is 0. The van der Waals surface area contributed by atoms with E-state index < -0.39 is 9.24 Å². The predicted octanol–water partition coefficient (Wildman–Crippen LogP) is 2.26. The first-order valence-corrected chi connectivity index (χ1v) is 7.48. The van der Waals surface area contributed by atoms with E-state index in [0.717, 1.165) is 18.8 Å². The Hall–Kier alpha value is 0.560. The molecule has 0 N–H and O–H groups in total. The van der Waals surface area contributed by atoms with Crippen molar-refractivity contribution in [3.05, 3.63) is 0 Å². The van der Waals surface area contributed by atoms with Crippen molar-refractivity contribution in [3.63, 3.8) is 0 Å². The molecule has 0 heterocycles. The van der Waals surface area contributed by atoms with Crippen LogP contribution in [0.4, 0.5) is 0 Å². The topological polar surface area (TPSA) is 18.5 Å². The molecule has 4 heteroatoms. The number of rotatable bonds is 7. The quantitative estimate of drug-likeness (QED) is 0.606. The maximum atomic E-state index is 6.08. The molecular weight excluding hydrogens is 196 g/mol. The molecule has 0 aliphatic carbocycles. The maximum absolute atomic E-state index is 6.08. The van der Waals surface area contributed by atoms with Crippen LogP contribution in [-0.2, 0) is 9.47 Å². The highest BCUT2D eigenvalue weighted by Crippen LogP contribution is 2.45. The molecule has 0 aromatic carbocycles. The van der Waals surface area contributed by atoms with Gasteiger partial charge < -0.3 is 9.47 Å². The van der Waals surface area contributed by atoms with Crippen LogP contribution in [0, 0.1) is 0 Å². The Balaban J connectivity index is 3.01. The van der Waals surface area contributed by atoms with E-state index >= 15 is 0 Å². The molecular formula is C8H19ClO2S. The van der Waals surface area contributed by atoms with Gasteiger partial charge in [-0.2, -0.15) is 9.24 Å². The van der Waals surface area contributed by atoms with Crippen LogP contribution >= 0.6 is 19.9 Å². The summed E-state index contributed by atoms with van der Waals surface area (Å²) in [5.74, 6) is 1.07. The van der Waals surface area contributed by atoms with Gasteiger partial charge in [0.2, 0.25) is 0 Å². The smallest absolute Gasteiger partial charge is 0.0700 e. The minimum Gasteiger partial charge on any atom is -0.382 e. The average Bonchev–Trinajstić information content (AvgIpc) is 1.94. The highest BCUT2D eigenvalue weighted by molar-refractivity contribution is 8.50. The summed E-state index contributed by atoms with van der Waals surface area (Å²) in [6, 6.07) is 0. The van der Waals surface area contributed by atoms with Crippen LogP contribution in [-0.4, -0.2) is 45.2 Å². The lowest BCUT2D eigenvalue weighted by atomic mass is 10.5. The molecule has 0 aromatic heterocycles. The Morgan fingerprint density at radius 1 is 1.17 bits per heavy atom. The SMILES string of the molecule is COCCOCCCS(C)(C)Cl. The molecule has 0 fully saturated rings. The van der Waals surface area contributed by atoms with Gasteiger partial charge in [0.1, 0.15) is 0 Å². The molecule has 0 aliphatic heterocycles. The summed E-state index contributed by atoms with van der Waals surface area (Å²) in [4.78, 5) is 0. The third-order valence-electron chi connectivity index (χ3n) is 1.35. The lowest BCUT2D eigenvalue weighted by Crippen LogP contribution is -2.05. The summed E-state index contributed by atoms with van der Waals surface area (Å²) in [5, 5.41) is 0. The van der Waals surface area contributed by atoms with Crippen molar-refractivity contribution in [1.29, 1.82) is 0 Å². The van der Waals surface area contributed by atoms with E-state index in [0.29, 0.717) is 13.2 Å². The van der Waals surface area contributed by atoms with Crippen molar-refractivity contribution < 1.29 is 9.47 Å². The molecule has 0 saturated heterocycles. The second-order valence-electron chi connectivity index (χ2n) is 3.07. The highest BCUT2D eigenvalue weighted by Gasteiger charge is 2.05. The van der Waals surface area contributed by atoms with Gasteiger partial charge in [-0.25, -0.2) is 0 Å². The van der Waals surface area contributed by atoms with Crippen LogP contribution < -0.4 is 0 Å².